The Hall–Kier alpha value is -2.66. The second-order valence-electron chi connectivity index (χ2n) is 4.09. The number of amides is 1. The third kappa shape index (κ3) is 1.96. The minimum atomic E-state index is -0.502. The maximum Gasteiger partial charge on any atom is 0.261 e. The van der Waals surface area contributed by atoms with E-state index in [2.05, 4.69) is 0 Å². The molecular formula is C14H10FN3O. The summed E-state index contributed by atoms with van der Waals surface area (Å²) in [7, 11) is 0. The largest absolute Gasteiger partial charge is 0.308 e. The van der Waals surface area contributed by atoms with Crippen LogP contribution in [0.4, 0.5) is 10.1 Å². The Morgan fingerprint density at radius 3 is 2.63 bits per heavy atom. The third-order valence-corrected chi connectivity index (χ3v) is 2.90. The first kappa shape index (κ1) is 12.8. The number of carbonyl (C=O) groups is 1. The fourth-order valence-electron chi connectivity index (χ4n) is 2.13. The highest BCUT2D eigenvalue weighted by molar-refractivity contribution is 6.34. The second kappa shape index (κ2) is 4.91. The van der Waals surface area contributed by atoms with Crippen LogP contribution in [0.2, 0.25) is 0 Å². The summed E-state index contributed by atoms with van der Waals surface area (Å²) in [4.78, 5) is 13.7. The van der Waals surface area contributed by atoms with Crippen LogP contribution < -0.4 is 4.90 Å². The normalized spacial score (nSPS) is 12.9. The van der Waals surface area contributed by atoms with Crippen molar-refractivity contribution in [2.24, 2.45) is 0 Å². The van der Waals surface area contributed by atoms with Crippen LogP contribution in [0.25, 0.3) is 5.57 Å². The van der Waals surface area contributed by atoms with Crippen LogP contribution in [0.3, 0.4) is 0 Å². The minimum Gasteiger partial charge on any atom is -0.308 e. The number of halogens is 1. The van der Waals surface area contributed by atoms with E-state index < -0.39 is 11.7 Å². The molecule has 1 aromatic carbocycles. The zero-order chi connectivity index (χ0) is 14.0. The van der Waals surface area contributed by atoms with E-state index in [-0.39, 0.29) is 11.1 Å². The Labute approximate surface area is 110 Å². The van der Waals surface area contributed by atoms with Crippen molar-refractivity contribution in [3.05, 3.63) is 35.2 Å². The average molecular weight is 255 g/mol. The predicted molar refractivity (Wildman–Crippen MR) is 67.2 cm³/mol. The van der Waals surface area contributed by atoms with Crippen molar-refractivity contribution in [1.82, 2.24) is 0 Å². The number of allylic oxidation sites excluding steroid dienone is 1. The quantitative estimate of drug-likeness (QED) is 0.601. The van der Waals surface area contributed by atoms with Gasteiger partial charge in [-0.3, -0.25) is 4.79 Å². The summed E-state index contributed by atoms with van der Waals surface area (Å²) in [6.07, 6.45) is 0.726. The molecule has 1 aliphatic rings. The van der Waals surface area contributed by atoms with Gasteiger partial charge in [0.2, 0.25) is 0 Å². The second-order valence-corrected chi connectivity index (χ2v) is 4.09. The number of fused-ring (bicyclic) bond motifs is 1. The van der Waals surface area contributed by atoms with Gasteiger partial charge in [-0.1, -0.05) is 6.92 Å². The third-order valence-electron chi connectivity index (χ3n) is 2.90. The highest BCUT2D eigenvalue weighted by atomic mass is 19.1. The van der Waals surface area contributed by atoms with Gasteiger partial charge in [-0.2, -0.15) is 10.5 Å². The molecule has 4 nitrogen and oxygen atoms in total. The van der Waals surface area contributed by atoms with Crippen molar-refractivity contribution in [2.75, 3.05) is 11.4 Å². The Kier molecular flexibility index (Phi) is 3.31. The summed E-state index contributed by atoms with van der Waals surface area (Å²) in [5, 5.41) is 17.8. The molecule has 0 saturated carbocycles. The van der Waals surface area contributed by atoms with Crippen molar-refractivity contribution < 1.29 is 9.18 Å². The summed E-state index contributed by atoms with van der Waals surface area (Å²) in [5.41, 5.74) is 0.575. The zero-order valence-electron chi connectivity index (χ0n) is 10.3. The zero-order valence-corrected chi connectivity index (χ0v) is 10.3. The molecule has 0 atom stereocenters. The SMILES string of the molecule is CCCN1C(=O)C(=C(C#N)C#N)c2cc(F)ccc21. The average Bonchev–Trinajstić information content (AvgIpc) is 2.66. The van der Waals surface area contributed by atoms with E-state index in [1.807, 2.05) is 6.92 Å². The number of nitriles is 2. The molecule has 1 amide bonds. The van der Waals surface area contributed by atoms with Gasteiger partial charge in [0.25, 0.3) is 5.91 Å². The first-order valence-electron chi connectivity index (χ1n) is 5.80. The predicted octanol–water partition coefficient (Wildman–Crippen LogP) is 2.38. The van der Waals surface area contributed by atoms with Gasteiger partial charge in [0.1, 0.15) is 23.5 Å². The molecule has 0 fully saturated rings. The molecule has 2 rings (SSSR count). The number of hydrogen-bond acceptors (Lipinski definition) is 3. The lowest BCUT2D eigenvalue weighted by Crippen LogP contribution is -2.27. The van der Waals surface area contributed by atoms with E-state index in [1.54, 1.807) is 12.1 Å². The molecule has 0 radical (unpaired) electrons. The van der Waals surface area contributed by atoms with E-state index in [0.717, 1.165) is 6.42 Å². The summed E-state index contributed by atoms with van der Waals surface area (Å²) >= 11 is 0. The van der Waals surface area contributed by atoms with Gasteiger partial charge in [0, 0.05) is 12.1 Å². The molecule has 5 heteroatoms. The van der Waals surface area contributed by atoms with Crippen LogP contribution in [0.1, 0.15) is 18.9 Å². The van der Waals surface area contributed by atoms with Crippen molar-refractivity contribution in [1.29, 1.82) is 10.5 Å². The molecular weight excluding hydrogens is 245 g/mol. The number of anilines is 1. The van der Waals surface area contributed by atoms with Crippen molar-refractivity contribution >= 4 is 17.2 Å². The Bertz CT molecular complexity index is 648. The van der Waals surface area contributed by atoms with Gasteiger partial charge in [-0.05, 0) is 24.6 Å². The summed E-state index contributed by atoms with van der Waals surface area (Å²) in [5.74, 6) is -0.918. The van der Waals surface area contributed by atoms with Crippen LogP contribution in [0, 0.1) is 28.5 Å². The first-order chi connectivity index (χ1) is 9.13. The molecule has 0 aliphatic carbocycles. The van der Waals surface area contributed by atoms with E-state index in [0.29, 0.717) is 17.8 Å². The monoisotopic (exact) mass is 255 g/mol. The molecule has 1 heterocycles. The molecule has 0 unspecified atom stereocenters. The van der Waals surface area contributed by atoms with Gasteiger partial charge >= 0.3 is 0 Å². The number of hydrogen-bond donors (Lipinski definition) is 0. The van der Waals surface area contributed by atoms with Crippen molar-refractivity contribution in [2.45, 2.75) is 13.3 Å². The lowest BCUT2D eigenvalue weighted by atomic mass is 10.0. The summed E-state index contributed by atoms with van der Waals surface area (Å²) in [6, 6.07) is 7.34. The number of benzene rings is 1. The van der Waals surface area contributed by atoms with Crippen LogP contribution in [-0.2, 0) is 4.79 Å². The van der Waals surface area contributed by atoms with Crippen LogP contribution in [-0.4, -0.2) is 12.5 Å². The molecule has 94 valence electrons. The maximum atomic E-state index is 13.3. The summed E-state index contributed by atoms with van der Waals surface area (Å²) in [6.45, 7) is 2.37. The number of nitrogens with zero attached hydrogens (tertiary/aromatic N) is 3. The smallest absolute Gasteiger partial charge is 0.261 e. The molecule has 0 bridgehead atoms. The Morgan fingerprint density at radius 2 is 2.05 bits per heavy atom. The van der Waals surface area contributed by atoms with Gasteiger partial charge < -0.3 is 4.90 Å². The fraction of sp³-hybridized carbons (Fsp3) is 0.214. The van der Waals surface area contributed by atoms with Crippen LogP contribution >= 0.6 is 0 Å². The topological polar surface area (TPSA) is 67.9 Å². The molecule has 0 aromatic heterocycles. The highest BCUT2D eigenvalue weighted by Crippen LogP contribution is 2.38. The lowest BCUT2D eigenvalue weighted by molar-refractivity contribution is -0.113. The molecule has 19 heavy (non-hydrogen) atoms. The molecule has 1 aromatic rings. The Morgan fingerprint density at radius 1 is 1.37 bits per heavy atom. The van der Waals surface area contributed by atoms with E-state index in [4.69, 9.17) is 10.5 Å². The van der Waals surface area contributed by atoms with Gasteiger partial charge in [-0.15, -0.1) is 0 Å². The number of carbonyl (C=O) groups excluding carboxylic acids is 1. The van der Waals surface area contributed by atoms with Gasteiger partial charge in [0.15, 0.2) is 0 Å². The van der Waals surface area contributed by atoms with Crippen LogP contribution in [0.15, 0.2) is 23.8 Å². The van der Waals surface area contributed by atoms with Crippen LogP contribution in [0.5, 0.6) is 0 Å². The Balaban J connectivity index is 2.72. The van der Waals surface area contributed by atoms with E-state index in [1.165, 1.54) is 23.1 Å². The molecule has 0 saturated heterocycles. The van der Waals surface area contributed by atoms with Crippen molar-refractivity contribution in [3.8, 4) is 12.1 Å². The number of rotatable bonds is 2. The minimum absolute atomic E-state index is 0.00653. The lowest BCUT2D eigenvalue weighted by Gasteiger charge is -2.15. The van der Waals surface area contributed by atoms with E-state index >= 15 is 0 Å². The highest BCUT2D eigenvalue weighted by Gasteiger charge is 2.34. The molecule has 0 N–H and O–H groups in total. The van der Waals surface area contributed by atoms with Gasteiger partial charge in [0.05, 0.1) is 11.3 Å². The standard InChI is InChI=1S/C14H10FN3O/c1-2-5-18-12-4-3-10(15)6-11(12)13(14(18)19)9(7-16)8-17/h3-4,6H,2,5H2,1H3. The molecule has 1 aliphatic heterocycles. The first-order valence-corrected chi connectivity index (χ1v) is 5.80. The van der Waals surface area contributed by atoms with Gasteiger partial charge in [-0.25, -0.2) is 4.39 Å². The fourth-order valence-corrected chi connectivity index (χ4v) is 2.13. The van der Waals surface area contributed by atoms with Crippen molar-refractivity contribution in [3.63, 3.8) is 0 Å². The molecule has 0 spiro atoms. The maximum absolute atomic E-state index is 13.3. The summed E-state index contributed by atoms with van der Waals surface area (Å²) < 4.78 is 13.3. The van der Waals surface area contributed by atoms with E-state index in [9.17, 15) is 9.18 Å².